The fourth-order valence-electron chi connectivity index (χ4n) is 3.71. The minimum Gasteiger partial charge on any atom is -0.338 e. The monoisotopic (exact) mass is 335 g/mol. The summed E-state index contributed by atoms with van der Waals surface area (Å²) in [5.41, 5.74) is 1.55. The van der Waals surface area contributed by atoms with Crippen molar-refractivity contribution in [1.82, 2.24) is 14.2 Å². The largest absolute Gasteiger partial charge is 0.338 e. The number of likely N-dealkylation sites (tertiary alicyclic amines) is 1. The number of rotatable bonds is 3. The first kappa shape index (κ1) is 16.4. The van der Waals surface area contributed by atoms with Crippen molar-refractivity contribution in [2.45, 2.75) is 64.5 Å². The molecule has 2 heterocycles. The predicted octanol–water partition coefficient (Wildman–Crippen LogP) is 2.85. The fourth-order valence-corrected chi connectivity index (χ4v) is 4.39. The Morgan fingerprint density at radius 3 is 2.43 bits per heavy atom. The Balaban J connectivity index is 1.66. The molecule has 1 atom stereocenters. The molecule has 0 bridgehead atoms. The molecule has 1 aliphatic carbocycles. The third-order valence-corrected chi connectivity index (χ3v) is 5.91. The van der Waals surface area contributed by atoms with Crippen molar-refractivity contribution in [3.8, 4) is 0 Å². The second-order valence-corrected chi connectivity index (χ2v) is 7.33. The van der Waals surface area contributed by atoms with Gasteiger partial charge in [-0.05, 0) is 57.0 Å². The van der Waals surface area contributed by atoms with Crippen molar-refractivity contribution < 1.29 is 9.59 Å². The molecule has 5 nitrogen and oxygen atoms in total. The number of hydrogen-bond donors (Lipinski definition) is 0. The zero-order chi connectivity index (χ0) is 16.4. The molecule has 0 radical (unpaired) electrons. The Morgan fingerprint density at radius 2 is 1.87 bits per heavy atom. The summed E-state index contributed by atoms with van der Waals surface area (Å²) < 4.78 is 4.21. The highest BCUT2D eigenvalue weighted by atomic mass is 32.1. The lowest BCUT2D eigenvalue weighted by Gasteiger charge is -2.42. The molecule has 2 amide bonds. The van der Waals surface area contributed by atoms with E-state index in [0.717, 1.165) is 56.5 Å². The maximum absolute atomic E-state index is 12.7. The summed E-state index contributed by atoms with van der Waals surface area (Å²) in [6, 6.07) is 0.723. The lowest BCUT2D eigenvalue weighted by molar-refractivity contribution is -0.136. The minimum atomic E-state index is 0.0925. The second kappa shape index (κ2) is 6.99. The van der Waals surface area contributed by atoms with Crippen molar-refractivity contribution in [1.29, 1.82) is 0 Å². The number of carbonyl (C=O) groups is 2. The van der Waals surface area contributed by atoms with Crippen molar-refractivity contribution in [3.05, 3.63) is 16.6 Å². The molecule has 1 aromatic rings. The lowest BCUT2D eigenvalue weighted by atomic mass is 9.89. The van der Waals surface area contributed by atoms with E-state index in [1.165, 1.54) is 18.0 Å². The first-order valence-electron chi connectivity index (χ1n) is 8.57. The zero-order valence-electron chi connectivity index (χ0n) is 14.0. The molecule has 1 saturated carbocycles. The van der Waals surface area contributed by atoms with Gasteiger partial charge in [0.15, 0.2) is 0 Å². The van der Waals surface area contributed by atoms with E-state index in [9.17, 15) is 9.59 Å². The highest BCUT2D eigenvalue weighted by Gasteiger charge is 2.34. The SMILES string of the molecule is CC(=O)N(C1CCC1)[C@H]1CCCN(C(=O)c2csnc2C)CC1. The van der Waals surface area contributed by atoms with E-state index >= 15 is 0 Å². The van der Waals surface area contributed by atoms with E-state index in [1.54, 1.807) is 6.92 Å². The quantitative estimate of drug-likeness (QED) is 0.853. The maximum atomic E-state index is 12.7. The van der Waals surface area contributed by atoms with E-state index < -0.39 is 0 Å². The smallest absolute Gasteiger partial charge is 0.256 e. The minimum absolute atomic E-state index is 0.0925. The van der Waals surface area contributed by atoms with Crippen LogP contribution in [0.5, 0.6) is 0 Å². The molecule has 0 spiro atoms. The highest BCUT2D eigenvalue weighted by Crippen LogP contribution is 2.30. The standard InChI is InChI=1S/C17H25N3O2S/c1-12-16(11-23-18-12)17(22)19-9-4-7-15(8-10-19)20(13(2)21)14-5-3-6-14/h11,14-15H,3-10H2,1-2H3/t15-/m0/s1. The van der Waals surface area contributed by atoms with Crippen LogP contribution in [0.25, 0.3) is 0 Å². The Morgan fingerprint density at radius 1 is 1.17 bits per heavy atom. The van der Waals surface area contributed by atoms with Gasteiger partial charge in [0.25, 0.3) is 5.91 Å². The van der Waals surface area contributed by atoms with Crippen LogP contribution in [0, 0.1) is 6.92 Å². The van der Waals surface area contributed by atoms with Crippen molar-refractivity contribution >= 4 is 23.3 Å². The van der Waals surface area contributed by atoms with Crippen LogP contribution < -0.4 is 0 Å². The number of nitrogens with zero attached hydrogens (tertiary/aromatic N) is 3. The molecular weight excluding hydrogens is 310 g/mol. The van der Waals surface area contributed by atoms with E-state index in [4.69, 9.17) is 0 Å². The molecule has 2 fully saturated rings. The van der Waals surface area contributed by atoms with Gasteiger partial charge in [0.2, 0.25) is 5.91 Å². The van der Waals surface area contributed by atoms with Gasteiger partial charge in [-0.25, -0.2) is 0 Å². The van der Waals surface area contributed by atoms with E-state index in [1.807, 2.05) is 17.2 Å². The van der Waals surface area contributed by atoms with Crippen LogP contribution in [0.15, 0.2) is 5.38 Å². The second-order valence-electron chi connectivity index (χ2n) is 6.70. The molecule has 0 unspecified atom stereocenters. The number of carbonyl (C=O) groups excluding carboxylic acids is 2. The van der Waals surface area contributed by atoms with Gasteiger partial charge in [0, 0.05) is 37.5 Å². The highest BCUT2D eigenvalue weighted by molar-refractivity contribution is 7.03. The van der Waals surface area contributed by atoms with Crippen LogP contribution >= 0.6 is 11.5 Å². The molecular formula is C17H25N3O2S. The predicted molar refractivity (Wildman–Crippen MR) is 90.6 cm³/mol. The van der Waals surface area contributed by atoms with Crippen LogP contribution in [-0.4, -0.2) is 51.2 Å². The van der Waals surface area contributed by atoms with Gasteiger partial charge in [0.1, 0.15) is 0 Å². The van der Waals surface area contributed by atoms with E-state index in [0.29, 0.717) is 6.04 Å². The number of aromatic nitrogens is 1. The Hall–Kier alpha value is -1.43. The summed E-state index contributed by atoms with van der Waals surface area (Å²) in [4.78, 5) is 28.8. The summed E-state index contributed by atoms with van der Waals surface area (Å²) in [7, 11) is 0. The summed E-state index contributed by atoms with van der Waals surface area (Å²) >= 11 is 1.34. The van der Waals surface area contributed by atoms with Gasteiger partial charge in [-0.1, -0.05) is 0 Å². The van der Waals surface area contributed by atoms with Crippen LogP contribution in [0.2, 0.25) is 0 Å². The average Bonchev–Trinajstić information content (AvgIpc) is 2.75. The van der Waals surface area contributed by atoms with Crippen LogP contribution in [0.1, 0.15) is 61.5 Å². The molecule has 126 valence electrons. The molecule has 6 heteroatoms. The molecule has 2 aliphatic rings. The van der Waals surface area contributed by atoms with Crippen LogP contribution in [0.4, 0.5) is 0 Å². The third kappa shape index (κ3) is 3.42. The Kier molecular flexibility index (Phi) is 4.99. The molecule has 1 aliphatic heterocycles. The molecule has 3 rings (SSSR count). The molecule has 1 aromatic heterocycles. The van der Waals surface area contributed by atoms with E-state index in [2.05, 4.69) is 9.27 Å². The van der Waals surface area contributed by atoms with Gasteiger partial charge >= 0.3 is 0 Å². The molecule has 0 N–H and O–H groups in total. The van der Waals surface area contributed by atoms with Gasteiger partial charge in [-0.2, -0.15) is 4.37 Å². The number of amides is 2. The van der Waals surface area contributed by atoms with Crippen molar-refractivity contribution in [2.24, 2.45) is 0 Å². The van der Waals surface area contributed by atoms with Gasteiger partial charge < -0.3 is 9.80 Å². The fraction of sp³-hybridized carbons (Fsp3) is 0.706. The number of hydrogen-bond acceptors (Lipinski definition) is 4. The molecule has 0 aromatic carbocycles. The Labute approximate surface area is 141 Å². The molecule has 1 saturated heterocycles. The van der Waals surface area contributed by atoms with Gasteiger partial charge in [0.05, 0.1) is 11.3 Å². The summed E-state index contributed by atoms with van der Waals surface area (Å²) in [6.45, 7) is 5.08. The maximum Gasteiger partial charge on any atom is 0.256 e. The number of aryl methyl sites for hydroxylation is 1. The average molecular weight is 335 g/mol. The first-order valence-corrected chi connectivity index (χ1v) is 9.40. The zero-order valence-corrected chi connectivity index (χ0v) is 14.8. The van der Waals surface area contributed by atoms with Crippen LogP contribution in [-0.2, 0) is 4.79 Å². The summed E-state index contributed by atoms with van der Waals surface area (Å²) in [6.07, 6.45) is 6.36. The van der Waals surface area contributed by atoms with Gasteiger partial charge in [-0.3, -0.25) is 9.59 Å². The van der Waals surface area contributed by atoms with Gasteiger partial charge in [-0.15, -0.1) is 0 Å². The third-order valence-electron chi connectivity index (χ3n) is 5.19. The lowest BCUT2D eigenvalue weighted by Crippen LogP contribution is -2.49. The topological polar surface area (TPSA) is 53.5 Å². The molecule has 23 heavy (non-hydrogen) atoms. The summed E-state index contributed by atoms with van der Waals surface area (Å²) in [5.74, 6) is 0.285. The van der Waals surface area contributed by atoms with E-state index in [-0.39, 0.29) is 17.9 Å². The first-order chi connectivity index (χ1) is 11.1. The van der Waals surface area contributed by atoms with Crippen LogP contribution in [0.3, 0.4) is 0 Å². The normalized spacial score (nSPS) is 22.3. The Bertz CT molecular complexity index is 582. The van der Waals surface area contributed by atoms with Crippen molar-refractivity contribution in [2.75, 3.05) is 13.1 Å². The van der Waals surface area contributed by atoms with Crippen molar-refractivity contribution in [3.63, 3.8) is 0 Å². The summed E-state index contributed by atoms with van der Waals surface area (Å²) in [5, 5.41) is 1.84.